The zero-order chi connectivity index (χ0) is 14.8. The molecule has 2 aromatic rings. The van der Waals surface area contributed by atoms with E-state index in [2.05, 4.69) is 34.3 Å². The van der Waals surface area contributed by atoms with Crippen LogP contribution in [-0.2, 0) is 17.7 Å². The quantitative estimate of drug-likeness (QED) is 0.872. The predicted molar refractivity (Wildman–Crippen MR) is 85.7 cm³/mol. The van der Waals surface area contributed by atoms with E-state index in [1.165, 1.54) is 30.4 Å². The van der Waals surface area contributed by atoms with Crippen molar-refractivity contribution in [2.24, 2.45) is 0 Å². The molecule has 0 amide bonds. The molecule has 4 nitrogen and oxygen atoms in total. The number of fused-ring (bicyclic) bond motifs is 1. The highest BCUT2D eigenvalue weighted by molar-refractivity contribution is 5.32. The van der Waals surface area contributed by atoms with Crippen molar-refractivity contribution < 1.29 is 4.74 Å². The van der Waals surface area contributed by atoms with E-state index in [1.54, 1.807) is 0 Å². The molecule has 0 spiro atoms. The monoisotopic (exact) mass is 297 g/mol. The number of ether oxygens (including phenoxy) is 1. The van der Waals surface area contributed by atoms with Gasteiger partial charge >= 0.3 is 0 Å². The molecule has 0 saturated carbocycles. The maximum Gasteiger partial charge on any atom is 0.0898 e. The molecule has 116 valence electrons. The van der Waals surface area contributed by atoms with Crippen molar-refractivity contribution in [2.75, 3.05) is 19.7 Å². The second kappa shape index (κ2) is 6.23. The lowest BCUT2D eigenvalue weighted by Gasteiger charge is -2.40. The second-order valence-corrected chi connectivity index (χ2v) is 6.32. The van der Waals surface area contributed by atoms with Gasteiger partial charge in [-0.1, -0.05) is 24.3 Å². The minimum atomic E-state index is 0.239. The normalized spacial score (nSPS) is 25.8. The van der Waals surface area contributed by atoms with Crippen LogP contribution in [0.3, 0.4) is 0 Å². The van der Waals surface area contributed by atoms with Gasteiger partial charge in [0, 0.05) is 31.5 Å². The molecule has 0 N–H and O–H groups in total. The third-order valence-corrected chi connectivity index (χ3v) is 4.90. The molecule has 0 radical (unpaired) electrons. The van der Waals surface area contributed by atoms with Gasteiger partial charge in [-0.25, -0.2) is 0 Å². The Kier molecular flexibility index (Phi) is 3.95. The zero-order valence-corrected chi connectivity index (χ0v) is 12.9. The first kappa shape index (κ1) is 14.0. The molecule has 2 aliphatic rings. The maximum absolute atomic E-state index is 5.96. The van der Waals surface area contributed by atoms with Crippen molar-refractivity contribution in [3.05, 3.63) is 53.9 Å². The van der Waals surface area contributed by atoms with Crippen molar-refractivity contribution in [3.63, 3.8) is 0 Å². The second-order valence-electron chi connectivity index (χ2n) is 6.32. The summed E-state index contributed by atoms with van der Waals surface area (Å²) in [5, 5.41) is 4.30. The van der Waals surface area contributed by atoms with Crippen molar-refractivity contribution in [1.29, 1.82) is 0 Å². The van der Waals surface area contributed by atoms with E-state index in [1.807, 2.05) is 23.1 Å². The Balaban J connectivity index is 1.48. The first-order valence-corrected chi connectivity index (χ1v) is 8.31. The fraction of sp³-hybridized carbons (Fsp3) is 0.500. The molecule has 2 heterocycles. The summed E-state index contributed by atoms with van der Waals surface area (Å²) in [5.74, 6) is 0. The molecule has 0 bridgehead atoms. The van der Waals surface area contributed by atoms with E-state index in [0.29, 0.717) is 6.04 Å². The predicted octanol–water partition coefficient (Wildman–Crippen LogP) is 2.66. The molecule has 22 heavy (non-hydrogen) atoms. The fourth-order valence-electron chi connectivity index (χ4n) is 3.86. The molecule has 1 aliphatic carbocycles. The van der Waals surface area contributed by atoms with Crippen LogP contribution >= 0.6 is 0 Å². The van der Waals surface area contributed by atoms with Crippen molar-refractivity contribution in [3.8, 4) is 0 Å². The van der Waals surface area contributed by atoms with E-state index in [-0.39, 0.29) is 6.10 Å². The third kappa shape index (κ3) is 2.81. The number of morpholine rings is 1. The average molecular weight is 297 g/mol. The Hall–Kier alpha value is -1.65. The van der Waals surface area contributed by atoms with Gasteiger partial charge in [0.05, 0.1) is 19.3 Å². The molecule has 1 aromatic heterocycles. The van der Waals surface area contributed by atoms with E-state index >= 15 is 0 Å². The van der Waals surface area contributed by atoms with Gasteiger partial charge in [-0.3, -0.25) is 9.58 Å². The van der Waals surface area contributed by atoms with Crippen LogP contribution in [-0.4, -0.2) is 40.5 Å². The molecule has 2 atom stereocenters. The molecule has 4 rings (SSSR count). The number of hydrogen-bond donors (Lipinski definition) is 0. The number of nitrogens with zero attached hydrogens (tertiary/aromatic N) is 3. The SMILES string of the molecule is c1ccc2c(c1)CCCC2N1CCOC(Cn2cccn2)C1. The van der Waals surface area contributed by atoms with Crippen LogP contribution in [0.2, 0.25) is 0 Å². The van der Waals surface area contributed by atoms with Crippen molar-refractivity contribution in [1.82, 2.24) is 14.7 Å². The van der Waals surface area contributed by atoms with E-state index in [4.69, 9.17) is 4.74 Å². The van der Waals surface area contributed by atoms with E-state index in [9.17, 15) is 0 Å². The van der Waals surface area contributed by atoms with Gasteiger partial charge in [-0.2, -0.15) is 5.10 Å². The highest BCUT2D eigenvalue weighted by Gasteiger charge is 2.30. The number of rotatable bonds is 3. The third-order valence-electron chi connectivity index (χ3n) is 4.90. The Labute approximate surface area is 131 Å². The lowest BCUT2D eigenvalue weighted by Crippen LogP contribution is -2.46. The largest absolute Gasteiger partial charge is 0.374 e. The molecule has 1 saturated heterocycles. The van der Waals surface area contributed by atoms with E-state index in [0.717, 1.165) is 26.2 Å². The minimum absolute atomic E-state index is 0.239. The summed E-state index contributed by atoms with van der Waals surface area (Å²) in [5.41, 5.74) is 3.07. The Morgan fingerprint density at radius 2 is 2.18 bits per heavy atom. The summed E-state index contributed by atoms with van der Waals surface area (Å²) in [7, 11) is 0. The van der Waals surface area contributed by atoms with Gasteiger partial charge in [0.25, 0.3) is 0 Å². The number of aryl methyl sites for hydroxylation is 1. The number of hydrogen-bond acceptors (Lipinski definition) is 3. The lowest BCUT2D eigenvalue weighted by atomic mass is 9.86. The van der Waals surface area contributed by atoms with Crippen LogP contribution in [0.4, 0.5) is 0 Å². The number of aromatic nitrogens is 2. The average Bonchev–Trinajstić information content (AvgIpc) is 3.07. The molecular formula is C18H23N3O. The Bertz CT molecular complexity index is 611. The van der Waals surface area contributed by atoms with Crippen LogP contribution in [0.5, 0.6) is 0 Å². The zero-order valence-electron chi connectivity index (χ0n) is 12.9. The topological polar surface area (TPSA) is 30.3 Å². The van der Waals surface area contributed by atoms with Gasteiger partial charge in [0.15, 0.2) is 0 Å². The molecular weight excluding hydrogens is 274 g/mol. The number of benzene rings is 1. The van der Waals surface area contributed by atoms with Crippen LogP contribution < -0.4 is 0 Å². The molecule has 1 aliphatic heterocycles. The van der Waals surface area contributed by atoms with Crippen LogP contribution in [0.15, 0.2) is 42.7 Å². The maximum atomic E-state index is 5.96. The van der Waals surface area contributed by atoms with Gasteiger partial charge in [0.1, 0.15) is 0 Å². The van der Waals surface area contributed by atoms with Gasteiger partial charge < -0.3 is 4.74 Å². The van der Waals surface area contributed by atoms with Gasteiger partial charge in [-0.15, -0.1) is 0 Å². The molecule has 1 aromatic carbocycles. The summed E-state index contributed by atoms with van der Waals surface area (Å²) in [6.07, 6.45) is 7.88. The fourth-order valence-corrected chi connectivity index (χ4v) is 3.86. The summed E-state index contributed by atoms with van der Waals surface area (Å²) in [6.45, 7) is 3.70. The first-order chi connectivity index (χ1) is 10.9. The Morgan fingerprint density at radius 1 is 1.23 bits per heavy atom. The summed E-state index contributed by atoms with van der Waals surface area (Å²) in [6, 6.07) is 11.5. The smallest absolute Gasteiger partial charge is 0.0898 e. The summed E-state index contributed by atoms with van der Waals surface area (Å²) >= 11 is 0. The minimum Gasteiger partial charge on any atom is -0.374 e. The summed E-state index contributed by atoms with van der Waals surface area (Å²) < 4.78 is 7.93. The highest BCUT2D eigenvalue weighted by atomic mass is 16.5. The molecule has 4 heteroatoms. The van der Waals surface area contributed by atoms with Crippen LogP contribution in [0.25, 0.3) is 0 Å². The van der Waals surface area contributed by atoms with E-state index < -0.39 is 0 Å². The van der Waals surface area contributed by atoms with Gasteiger partial charge in [0.2, 0.25) is 0 Å². The molecule has 1 fully saturated rings. The standard InChI is InChI=1S/C18H23N3O/c1-2-7-17-15(5-1)6-3-8-18(17)20-11-12-22-16(13-20)14-21-10-4-9-19-21/h1-2,4-5,7,9-10,16,18H,3,6,8,11-14H2. The van der Waals surface area contributed by atoms with Crippen molar-refractivity contribution >= 4 is 0 Å². The lowest BCUT2D eigenvalue weighted by molar-refractivity contribution is -0.0541. The van der Waals surface area contributed by atoms with Gasteiger partial charge in [-0.05, 0) is 36.5 Å². The highest BCUT2D eigenvalue weighted by Crippen LogP contribution is 2.35. The van der Waals surface area contributed by atoms with Crippen LogP contribution in [0.1, 0.15) is 30.0 Å². The van der Waals surface area contributed by atoms with Crippen LogP contribution in [0, 0.1) is 0 Å². The Morgan fingerprint density at radius 3 is 3.09 bits per heavy atom. The summed E-state index contributed by atoms with van der Waals surface area (Å²) in [4.78, 5) is 2.62. The van der Waals surface area contributed by atoms with Crippen molar-refractivity contribution in [2.45, 2.75) is 38.0 Å². The first-order valence-electron chi connectivity index (χ1n) is 8.31. The molecule has 2 unspecified atom stereocenters.